The molecule has 31 heavy (non-hydrogen) atoms. The number of aryl methyl sites for hydroxylation is 1. The number of carbonyl (C=O) groups is 1. The molecule has 0 spiro atoms. The molecule has 0 saturated heterocycles. The quantitative estimate of drug-likeness (QED) is 0.321. The number of rotatable bonds is 9. The van der Waals surface area contributed by atoms with Crippen molar-refractivity contribution in [2.24, 2.45) is 0 Å². The van der Waals surface area contributed by atoms with E-state index >= 15 is 0 Å². The van der Waals surface area contributed by atoms with E-state index in [0.717, 1.165) is 53.8 Å². The highest BCUT2D eigenvalue weighted by molar-refractivity contribution is 6.04. The topological polar surface area (TPSA) is 76.3 Å². The number of para-hydroxylation sites is 3. The van der Waals surface area contributed by atoms with Crippen molar-refractivity contribution in [3.63, 3.8) is 0 Å². The first-order chi connectivity index (χ1) is 15.2. The fourth-order valence-electron chi connectivity index (χ4n) is 3.53. The van der Waals surface area contributed by atoms with Gasteiger partial charge in [0, 0.05) is 35.2 Å². The van der Waals surface area contributed by atoms with E-state index in [-0.39, 0.29) is 17.5 Å². The molecule has 1 aliphatic rings. The molecule has 1 fully saturated rings. The monoisotopic (exact) mass is 415 g/mol. The summed E-state index contributed by atoms with van der Waals surface area (Å²) in [5.41, 5.74) is 2.06. The molecule has 6 heteroatoms. The third-order valence-corrected chi connectivity index (χ3v) is 5.27. The van der Waals surface area contributed by atoms with E-state index in [4.69, 9.17) is 9.47 Å². The standard InChI is InChI=1S/C25H25N3O3/c1-30-23-9-4-5-10-24(23)31-14-6-13-28-17-19(21-7-2-3-8-22(21)28)15-18(16-26)25(29)27-20-11-12-20/h2-5,7-10,15,17,20H,6,11-14H2,1H3,(H,27,29). The van der Waals surface area contributed by atoms with Crippen molar-refractivity contribution in [3.8, 4) is 17.6 Å². The largest absolute Gasteiger partial charge is 0.493 e. The Morgan fingerprint density at radius 2 is 1.94 bits per heavy atom. The second-order valence-electron chi connectivity index (χ2n) is 7.57. The third-order valence-electron chi connectivity index (χ3n) is 5.27. The van der Waals surface area contributed by atoms with E-state index in [1.165, 1.54) is 0 Å². The summed E-state index contributed by atoms with van der Waals surface area (Å²) in [6, 6.07) is 17.9. The van der Waals surface area contributed by atoms with Gasteiger partial charge in [-0.3, -0.25) is 4.79 Å². The van der Waals surface area contributed by atoms with Crippen LogP contribution < -0.4 is 14.8 Å². The lowest BCUT2D eigenvalue weighted by Crippen LogP contribution is -2.26. The average Bonchev–Trinajstić information content (AvgIpc) is 3.55. The smallest absolute Gasteiger partial charge is 0.262 e. The Morgan fingerprint density at radius 3 is 2.68 bits per heavy atom. The maximum absolute atomic E-state index is 12.3. The summed E-state index contributed by atoms with van der Waals surface area (Å²) in [6.45, 7) is 1.30. The summed E-state index contributed by atoms with van der Waals surface area (Å²) in [5, 5.41) is 13.4. The summed E-state index contributed by atoms with van der Waals surface area (Å²) in [6.07, 6.45) is 6.45. The van der Waals surface area contributed by atoms with Crippen LogP contribution in [0.4, 0.5) is 0 Å². The van der Waals surface area contributed by atoms with E-state index in [1.54, 1.807) is 13.2 Å². The zero-order chi connectivity index (χ0) is 21.6. The first-order valence-electron chi connectivity index (χ1n) is 10.5. The Labute approximate surface area is 181 Å². The van der Waals surface area contributed by atoms with Gasteiger partial charge >= 0.3 is 0 Å². The van der Waals surface area contributed by atoms with Crippen LogP contribution in [0.3, 0.4) is 0 Å². The average molecular weight is 415 g/mol. The molecule has 1 N–H and O–H groups in total. The van der Waals surface area contributed by atoms with Crippen LogP contribution >= 0.6 is 0 Å². The van der Waals surface area contributed by atoms with Gasteiger partial charge in [-0.05, 0) is 43.5 Å². The molecule has 2 aromatic carbocycles. The number of hydrogen-bond acceptors (Lipinski definition) is 4. The number of carbonyl (C=O) groups excluding carboxylic acids is 1. The van der Waals surface area contributed by atoms with Gasteiger partial charge in [0.2, 0.25) is 0 Å². The lowest BCUT2D eigenvalue weighted by molar-refractivity contribution is -0.117. The molecule has 0 aliphatic heterocycles. The fourth-order valence-corrected chi connectivity index (χ4v) is 3.53. The van der Waals surface area contributed by atoms with Crippen molar-refractivity contribution < 1.29 is 14.3 Å². The highest BCUT2D eigenvalue weighted by Crippen LogP contribution is 2.27. The molecule has 3 aromatic rings. The number of fused-ring (bicyclic) bond motifs is 1. The molecule has 1 aromatic heterocycles. The van der Waals surface area contributed by atoms with Gasteiger partial charge in [0.1, 0.15) is 11.6 Å². The highest BCUT2D eigenvalue weighted by atomic mass is 16.5. The Morgan fingerprint density at radius 1 is 1.19 bits per heavy atom. The predicted octanol–water partition coefficient (Wildman–Crippen LogP) is 4.30. The van der Waals surface area contributed by atoms with E-state index in [0.29, 0.717) is 6.61 Å². The van der Waals surface area contributed by atoms with E-state index in [9.17, 15) is 10.1 Å². The maximum atomic E-state index is 12.3. The predicted molar refractivity (Wildman–Crippen MR) is 120 cm³/mol. The third kappa shape index (κ3) is 4.89. The molecule has 4 rings (SSSR count). The second-order valence-corrected chi connectivity index (χ2v) is 7.57. The van der Waals surface area contributed by atoms with Crippen LogP contribution in [-0.2, 0) is 11.3 Å². The lowest BCUT2D eigenvalue weighted by atomic mass is 10.1. The molecule has 1 amide bonds. The summed E-state index contributed by atoms with van der Waals surface area (Å²) < 4.78 is 13.3. The molecule has 158 valence electrons. The molecule has 1 aliphatic carbocycles. The molecule has 1 saturated carbocycles. The van der Waals surface area contributed by atoms with E-state index in [1.807, 2.05) is 60.8 Å². The van der Waals surface area contributed by atoms with Crippen molar-refractivity contribution in [1.29, 1.82) is 5.26 Å². The number of ether oxygens (including phenoxy) is 2. The SMILES string of the molecule is COc1ccccc1OCCCn1cc(C=C(C#N)C(=O)NC2CC2)c2ccccc21. The van der Waals surface area contributed by atoms with Crippen LogP contribution in [0, 0.1) is 11.3 Å². The molecule has 6 nitrogen and oxygen atoms in total. The zero-order valence-corrected chi connectivity index (χ0v) is 17.5. The van der Waals surface area contributed by atoms with Gasteiger partial charge in [0.05, 0.1) is 13.7 Å². The minimum absolute atomic E-state index is 0.134. The number of amides is 1. The van der Waals surface area contributed by atoms with E-state index < -0.39 is 0 Å². The normalized spacial score (nSPS) is 13.6. The molecule has 0 atom stereocenters. The second kappa shape index (κ2) is 9.40. The first-order valence-corrected chi connectivity index (χ1v) is 10.5. The summed E-state index contributed by atoms with van der Waals surface area (Å²) in [7, 11) is 1.63. The molecule has 0 radical (unpaired) electrons. The van der Waals surface area contributed by atoms with Gasteiger partial charge < -0.3 is 19.4 Å². The Hall–Kier alpha value is -3.72. The number of hydrogen-bond donors (Lipinski definition) is 1. The number of methoxy groups -OCH3 is 1. The Bertz CT molecular complexity index is 1150. The zero-order valence-electron chi connectivity index (χ0n) is 17.5. The molecular formula is C25H25N3O3. The minimum Gasteiger partial charge on any atom is -0.493 e. The van der Waals surface area contributed by atoms with Crippen LogP contribution in [0.25, 0.3) is 17.0 Å². The van der Waals surface area contributed by atoms with E-state index in [2.05, 4.69) is 9.88 Å². The van der Waals surface area contributed by atoms with Crippen molar-refractivity contribution in [2.45, 2.75) is 31.8 Å². The van der Waals surface area contributed by atoms with Gasteiger partial charge in [-0.2, -0.15) is 5.26 Å². The van der Waals surface area contributed by atoms with Gasteiger partial charge in [-0.25, -0.2) is 0 Å². The van der Waals surface area contributed by atoms with Crippen molar-refractivity contribution in [3.05, 3.63) is 65.9 Å². The molecule has 1 heterocycles. The summed E-state index contributed by atoms with van der Waals surface area (Å²) in [5.74, 6) is 1.15. The number of nitriles is 1. The molecule has 0 unspecified atom stereocenters. The number of nitrogens with zero attached hydrogens (tertiary/aromatic N) is 2. The fraction of sp³-hybridized carbons (Fsp3) is 0.280. The van der Waals surface area contributed by atoms with Crippen LogP contribution in [-0.4, -0.2) is 30.2 Å². The Kier molecular flexibility index (Phi) is 6.23. The lowest BCUT2D eigenvalue weighted by Gasteiger charge is -2.11. The minimum atomic E-state index is -0.299. The van der Waals surface area contributed by atoms with Crippen LogP contribution in [0.5, 0.6) is 11.5 Å². The highest BCUT2D eigenvalue weighted by Gasteiger charge is 2.25. The van der Waals surface area contributed by atoms with Gasteiger partial charge in [-0.1, -0.05) is 30.3 Å². The van der Waals surface area contributed by atoms with Gasteiger partial charge in [0.25, 0.3) is 5.91 Å². The van der Waals surface area contributed by atoms with Crippen molar-refractivity contribution >= 4 is 22.9 Å². The Balaban J connectivity index is 1.48. The molecule has 0 bridgehead atoms. The van der Waals surface area contributed by atoms with Crippen LogP contribution in [0.15, 0.2) is 60.3 Å². The number of benzene rings is 2. The first kappa shape index (κ1) is 20.5. The summed E-state index contributed by atoms with van der Waals surface area (Å²) >= 11 is 0. The maximum Gasteiger partial charge on any atom is 0.262 e. The van der Waals surface area contributed by atoms with Gasteiger partial charge in [-0.15, -0.1) is 0 Å². The van der Waals surface area contributed by atoms with Crippen molar-refractivity contribution in [2.75, 3.05) is 13.7 Å². The van der Waals surface area contributed by atoms with Gasteiger partial charge in [0.15, 0.2) is 11.5 Å². The number of nitrogens with one attached hydrogen (secondary N) is 1. The van der Waals surface area contributed by atoms with Crippen LogP contribution in [0.2, 0.25) is 0 Å². The van der Waals surface area contributed by atoms with Crippen LogP contribution in [0.1, 0.15) is 24.8 Å². The molecular weight excluding hydrogens is 390 g/mol. The number of aromatic nitrogens is 1. The van der Waals surface area contributed by atoms with Crippen molar-refractivity contribution in [1.82, 2.24) is 9.88 Å². The summed E-state index contributed by atoms with van der Waals surface area (Å²) in [4.78, 5) is 12.3.